The zero-order valence-electron chi connectivity index (χ0n) is 19.9. The van der Waals surface area contributed by atoms with Crippen LogP contribution in [0.15, 0.2) is 48.5 Å². The van der Waals surface area contributed by atoms with Crippen molar-refractivity contribution in [2.45, 2.75) is 37.7 Å². The van der Waals surface area contributed by atoms with E-state index in [0.29, 0.717) is 19.5 Å². The lowest BCUT2D eigenvalue weighted by molar-refractivity contribution is -0.137. The van der Waals surface area contributed by atoms with Crippen molar-refractivity contribution in [1.29, 1.82) is 0 Å². The van der Waals surface area contributed by atoms with E-state index in [-0.39, 0.29) is 43.7 Å². The van der Waals surface area contributed by atoms with Gasteiger partial charge in [0.15, 0.2) is 0 Å². The lowest BCUT2D eigenvalue weighted by atomic mass is 9.98. The van der Waals surface area contributed by atoms with Crippen molar-refractivity contribution in [3.05, 3.63) is 59.7 Å². The van der Waals surface area contributed by atoms with Crippen LogP contribution in [0, 0.1) is 5.92 Å². The summed E-state index contributed by atoms with van der Waals surface area (Å²) in [6, 6.07) is 16.3. The first kappa shape index (κ1) is 24.7. The highest BCUT2D eigenvalue weighted by molar-refractivity contribution is 5.79. The van der Waals surface area contributed by atoms with E-state index in [9.17, 15) is 14.4 Å². The second-order valence-electron chi connectivity index (χ2n) is 9.20. The molecule has 2 N–H and O–H groups in total. The number of carboxylic acids is 1. The number of amides is 2. The number of methoxy groups -OCH3 is 1. The lowest BCUT2D eigenvalue weighted by Crippen LogP contribution is -2.38. The molecule has 2 unspecified atom stereocenters. The summed E-state index contributed by atoms with van der Waals surface area (Å²) < 4.78 is 11.0. The van der Waals surface area contributed by atoms with Gasteiger partial charge in [0.2, 0.25) is 5.91 Å². The number of carbonyl (C=O) groups is 3. The number of ether oxygens (including phenoxy) is 2. The van der Waals surface area contributed by atoms with Crippen molar-refractivity contribution in [3.8, 4) is 11.1 Å². The first-order chi connectivity index (χ1) is 17.0. The minimum Gasteiger partial charge on any atom is -0.481 e. The topological polar surface area (TPSA) is 105 Å². The van der Waals surface area contributed by atoms with Crippen molar-refractivity contribution in [2.24, 2.45) is 5.92 Å². The molecule has 2 aromatic carbocycles. The molecule has 1 aliphatic carbocycles. The minimum absolute atomic E-state index is 0.0165. The number of aliphatic carboxylic acids is 1. The molecule has 8 heteroatoms. The van der Waals surface area contributed by atoms with Crippen LogP contribution in [0.4, 0.5) is 4.79 Å². The molecular weight excluding hydrogens is 448 g/mol. The second kappa shape index (κ2) is 11.4. The van der Waals surface area contributed by atoms with E-state index in [0.717, 1.165) is 17.5 Å². The van der Waals surface area contributed by atoms with Crippen LogP contribution in [0.1, 0.15) is 42.7 Å². The number of hydrogen-bond donors (Lipinski definition) is 2. The van der Waals surface area contributed by atoms with Gasteiger partial charge in [-0.2, -0.15) is 0 Å². The SMILES string of the molecule is COC(CNC(=O)OCC1c2ccccc2-c2ccccc21)CC(=O)N1CCC(CCC(=O)O)C1. The van der Waals surface area contributed by atoms with Crippen LogP contribution in [0.2, 0.25) is 0 Å². The molecule has 8 nitrogen and oxygen atoms in total. The van der Waals surface area contributed by atoms with Gasteiger partial charge in [-0.25, -0.2) is 4.79 Å². The molecule has 1 saturated heterocycles. The molecular formula is C27H32N2O6. The maximum Gasteiger partial charge on any atom is 0.407 e. The summed E-state index contributed by atoms with van der Waals surface area (Å²) >= 11 is 0. The molecule has 186 valence electrons. The van der Waals surface area contributed by atoms with Crippen LogP contribution in [-0.2, 0) is 19.1 Å². The standard InChI is InChI=1S/C27H32N2O6/c1-34-19(14-25(30)29-13-12-18(16-29)10-11-26(31)32)15-28-27(33)35-17-24-22-8-4-2-6-20(22)21-7-3-5-9-23(21)24/h2-9,18-19,24H,10-17H2,1H3,(H,28,33)(H,31,32). The summed E-state index contributed by atoms with van der Waals surface area (Å²) in [5, 5.41) is 11.6. The third-order valence-corrected chi connectivity index (χ3v) is 6.96. The van der Waals surface area contributed by atoms with Crippen LogP contribution in [0.25, 0.3) is 11.1 Å². The van der Waals surface area contributed by atoms with E-state index >= 15 is 0 Å². The molecule has 0 spiro atoms. The zero-order chi connectivity index (χ0) is 24.8. The van der Waals surface area contributed by atoms with Gasteiger partial charge >= 0.3 is 12.1 Å². The first-order valence-electron chi connectivity index (χ1n) is 12.1. The Morgan fingerprint density at radius 3 is 2.37 bits per heavy atom. The average molecular weight is 481 g/mol. The Labute approximate surface area is 205 Å². The number of carbonyl (C=O) groups excluding carboxylic acids is 2. The number of benzene rings is 2. The fourth-order valence-corrected chi connectivity index (χ4v) is 5.03. The van der Waals surface area contributed by atoms with Crippen molar-refractivity contribution < 1.29 is 29.0 Å². The summed E-state index contributed by atoms with van der Waals surface area (Å²) in [4.78, 5) is 37.6. The molecule has 35 heavy (non-hydrogen) atoms. The molecule has 2 aliphatic rings. The van der Waals surface area contributed by atoms with E-state index < -0.39 is 18.2 Å². The van der Waals surface area contributed by atoms with Gasteiger partial charge in [-0.15, -0.1) is 0 Å². The summed E-state index contributed by atoms with van der Waals surface area (Å²) in [6.07, 6.45) is 0.644. The average Bonchev–Trinajstić information content (AvgIpc) is 3.47. The van der Waals surface area contributed by atoms with Crippen LogP contribution in [0.3, 0.4) is 0 Å². The highest BCUT2D eigenvalue weighted by Gasteiger charge is 2.30. The molecule has 1 heterocycles. The molecule has 2 aromatic rings. The Hall–Kier alpha value is -3.39. The maximum absolute atomic E-state index is 12.7. The number of nitrogens with zero attached hydrogens (tertiary/aromatic N) is 1. The van der Waals surface area contributed by atoms with Crippen LogP contribution in [-0.4, -0.2) is 67.4 Å². The molecule has 1 aliphatic heterocycles. The van der Waals surface area contributed by atoms with E-state index in [1.54, 1.807) is 4.90 Å². The fraction of sp³-hybridized carbons (Fsp3) is 0.444. The maximum atomic E-state index is 12.7. The molecule has 0 saturated carbocycles. The predicted octanol–water partition coefficient (Wildman–Crippen LogP) is 3.64. The van der Waals surface area contributed by atoms with E-state index in [2.05, 4.69) is 29.6 Å². The third-order valence-electron chi connectivity index (χ3n) is 6.96. The number of alkyl carbamates (subject to hydrolysis) is 1. The molecule has 0 radical (unpaired) electrons. The molecule has 0 aromatic heterocycles. The summed E-state index contributed by atoms with van der Waals surface area (Å²) in [6.45, 7) is 1.58. The molecule has 4 rings (SSSR count). The largest absolute Gasteiger partial charge is 0.481 e. The van der Waals surface area contributed by atoms with Crippen LogP contribution >= 0.6 is 0 Å². The predicted molar refractivity (Wildman–Crippen MR) is 130 cm³/mol. The number of carboxylic acid groups (broad SMARTS) is 1. The van der Waals surface area contributed by atoms with Gasteiger partial charge in [0.05, 0.1) is 12.5 Å². The number of likely N-dealkylation sites (tertiary alicyclic amines) is 1. The van der Waals surface area contributed by atoms with Gasteiger partial charge in [0.25, 0.3) is 0 Å². The zero-order valence-corrected chi connectivity index (χ0v) is 19.9. The Balaban J connectivity index is 1.23. The van der Waals surface area contributed by atoms with Gasteiger partial charge in [0, 0.05) is 39.1 Å². The van der Waals surface area contributed by atoms with Crippen LogP contribution in [0.5, 0.6) is 0 Å². The van der Waals surface area contributed by atoms with Crippen LogP contribution < -0.4 is 5.32 Å². The first-order valence-corrected chi connectivity index (χ1v) is 12.1. The summed E-state index contributed by atoms with van der Waals surface area (Å²) in [5.41, 5.74) is 4.63. The Morgan fingerprint density at radius 2 is 1.74 bits per heavy atom. The second-order valence-corrected chi connectivity index (χ2v) is 9.20. The molecule has 0 bridgehead atoms. The smallest absolute Gasteiger partial charge is 0.407 e. The summed E-state index contributed by atoms with van der Waals surface area (Å²) in [7, 11) is 1.51. The van der Waals surface area contributed by atoms with Crippen molar-refractivity contribution >= 4 is 18.0 Å². The highest BCUT2D eigenvalue weighted by atomic mass is 16.5. The molecule has 2 atom stereocenters. The van der Waals surface area contributed by atoms with Crippen molar-refractivity contribution in [1.82, 2.24) is 10.2 Å². The number of nitrogens with one attached hydrogen (secondary N) is 1. The van der Waals surface area contributed by atoms with Gasteiger partial charge < -0.3 is 24.8 Å². The Morgan fingerprint density at radius 1 is 1.09 bits per heavy atom. The Bertz CT molecular complexity index is 1030. The quantitative estimate of drug-likeness (QED) is 0.538. The molecule has 2 amide bonds. The van der Waals surface area contributed by atoms with E-state index in [4.69, 9.17) is 14.6 Å². The Kier molecular flexibility index (Phi) is 8.02. The highest BCUT2D eigenvalue weighted by Crippen LogP contribution is 2.44. The van der Waals surface area contributed by atoms with Gasteiger partial charge in [0.1, 0.15) is 6.61 Å². The molecule has 1 fully saturated rings. The number of rotatable bonds is 10. The van der Waals surface area contributed by atoms with Crippen molar-refractivity contribution in [3.63, 3.8) is 0 Å². The minimum atomic E-state index is -0.812. The van der Waals surface area contributed by atoms with E-state index in [1.807, 2.05) is 24.3 Å². The van der Waals surface area contributed by atoms with Gasteiger partial charge in [-0.1, -0.05) is 48.5 Å². The monoisotopic (exact) mass is 480 g/mol. The third kappa shape index (κ3) is 6.00. The van der Waals surface area contributed by atoms with Gasteiger partial charge in [-0.3, -0.25) is 9.59 Å². The fourth-order valence-electron chi connectivity index (χ4n) is 5.03. The number of hydrogen-bond acceptors (Lipinski definition) is 5. The van der Waals surface area contributed by atoms with E-state index in [1.165, 1.54) is 18.2 Å². The normalized spacial score (nSPS) is 17.5. The van der Waals surface area contributed by atoms with Gasteiger partial charge in [-0.05, 0) is 41.0 Å². The summed E-state index contributed by atoms with van der Waals surface area (Å²) in [5.74, 6) is -0.662. The lowest BCUT2D eigenvalue weighted by Gasteiger charge is -2.21. The number of fused-ring (bicyclic) bond motifs is 3. The van der Waals surface area contributed by atoms with Crippen molar-refractivity contribution in [2.75, 3.05) is 33.4 Å².